The van der Waals surface area contributed by atoms with Crippen molar-refractivity contribution in [2.45, 2.75) is 46.6 Å². The summed E-state index contributed by atoms with van der Waals surface area (Å²) in [7, 11) is 0. The first-order valence-electron chi connectivity index (χ1n) is 8.95. The van der Waals surface area contributed by atoms with E-state index in [1.165, 1.54) is 16.6 Å². The van der Waals surface area contributed by atoms with Gasteiger partial charge in [-0.1, -0.05) is 13.0 Å². The molecule has 0 bridgehead atoms. The van der Waals surface area contributed by atoms with E-state index < -0.39 is 0 Å². The van der Waals surface area contributed by atoms with E-state index in [2.05, 4.69) is 59.5 Å². The third kappa shape index (κ3) is 2.84. The summed E-state index contributed by atoms with van der Waals surface area (Å²) < 4.78 is 0. The Labute approximate surface area is 147 Å². The number of amides is 1. The van der Waals surface area contributed by atoms with Crippen molar-refractivity contribution < 1.29 is 4.79 Å². The summed E-state index contributed by atoms with van der Waals surface area (Å²) in [4.78, 5) is 16.0. The van der Waals surface area contributed by atoms with E-state index in [9.17, 15) is 4.79 Å². The second kappa shape index (κ2) is 6.06. The SMILES string of the molecule is Cc1[nH]c2ccc(CNC(=O)c3n[nH]c4c3CC(C)CC4)cc2c1C. The van der Waals surface area contributed by atoms with Gasteiger partial charge in [-0.25, -0.2) is 0 Å². The minimum Gasteiger partial charge on any atom is -0.358 e. The Bertz CT molecular complexity index is 950. The molecule has 130 valence electrons. The summed E-state index contributed by atoms with van der Waals surface area (Å²) in [5, 5.41) is 11.6. The minimum absolute atomic E-state index is 0.0892. The van der Waals surface area contributed by atoms with Gasteiger partial charge in [-0.2, -0.15) is 5.10 Å². The van der Waals surface area contributed by atoms with Crippen molar-refractivity contribution in [1.29, 1.82) is 0 Å². The van der Waals surface area contributed by atoms with Crippen molar-refractivity contribution in [3.8, 4) is 0 Å². The lowest BCUT2D eigenvalue weighted by Crippen LogP contribution is -2.25. The third-order valence-corrected chi connectivity index (χ3v) is 5.43. The predicted molar refractivity (Wildman–Crippen MR) is 98.7 cm³/mol. The first-order chi connectivity index (χ1) is 12.0. The molecule has 0 saturated carbocycles. The standard InChI is InChI=1S/C20H24N4O/c1-11-4-6-18-16(8-11)19(24-23-18)20(25)21-10-14-5-7-17-15(9-14)12(2)13(3)22-17/h5,7,9,11,22H,4,6,8,10H2,1-3H3,(H,21,25)(H,23,24). The van der Waals surface area contributed by atoms with Crippen molar-refractivity contribution in [3.63, 3.8) is 0 Å². The van der Waals surface area contributed by atoms with Gasteiger partial charge in [0, 0.05) is 34.4 Å². The molecule has 1 atom stereocenters. The number of nitrogens with zero attached hydrogens (tertiary/aromatic N) is 1. The number of carbonyl (C=O) groups excluding carboxylic acids is 1. The Kier molecular flexibility index (Phi) is 3.86. The molecule has 1 aromatic carbocycles. The van der Waals surface area contributed by atoms with Crippen molar-refractivity contribution in [3.05, 3.63) is 52.0 Å². The van der Waals surface area contributed by atoms with Gasteiger partial charge in [0.15, 0.2) is 5.69 Å². The fraction of sp³-hybridized carbons (Fsp3) is 0.400. The molecule has 2 aromatic heterocycles. The Hall–Kier alpha value is -2.56. The van der Waals surface area contributed by atoms with Crippen LogP contribution in [-0.2, 0) is 19.4 Å². The van der Waals surface area contributed by atoms with Crippen LogP contribution in [0.2, 0.25) is 0 Å². The summed E-state index contributed by atoms with van der Waals surface area (Å²) >= 11 is 0. The van der Waals surface area contributed by atoms with Gasteiger partial charge in [-0.05, 0) is 62.3 Å². The second-order valence-electron chi connectivity index (χ2n) is 7.31. The molecule has 4 rings (SSSR count). The largest absolute Gasteiger partial charge is 0.358 e. The number of carbonyl (C=O) groups is 1. The lowest BCUT2D eigenvalue weighted by Gasteiger charge is -2.18. The van der Waals surface area contributed by atoms with Gasteiger partial charge < -0.3 is 10.3 Å². The summed E-state index contributed by atoms with van der Waals surface area (Å²) in [6, 6.07) is 6.28. The van der Waals surface area contributed by atoms with E-state index in [1.54, 1.807) is 0 Å². The van der Waals surface area contributed by atoms with Crippen LogP contribution in [0.3, 0.4) is 0 Å². The first-order valence-corrected chi connectivity index (χ1v) is 8.95. The van der Waals surface area contributed by atoms with E-state index in [0.29, 0.717) is 18.2 Å². The Morgan fingerprint density at radius 3 is 3.04 bits per heavy atom. The van der Waals surface area contributed by atoms with Crippen molar-refractivity contribution in [1.82, 2.24) is 20.5 Å². The maximum Gasteiger partial charge on any atom is 0.272 e. The highest BCUT2D eigenvalue weighted by molar-refractivity contribution is 5.94. The summed E-state index contributed by atoms with van der Waals surface area (Å²) in [5.74, 6) is 0.521. The van der Waals surface area contributed by atoms with Gasteiger partial charge in [0.25, 0.3) is 5.91 Å². The molecule has 2 heterocycles. The van der Waals surface area contributed by atoms with Gasteiger partial charge in [-0.15, -0.1) is 0 Å². The van der Waals surface area contributed by atoms with Gasteiger partial charge in [0.2, 0.25) is 0 Å². The highest BCUT2D eigenvalue weighted by Gasteiger charge is 2.24. The van der Waals surface area contributed by atoms with Crippen LogP contribution < -0.4 is 5.32 Å². The molecule has 1 aliphatic rings. The molecule has 0 spiro atoms. The maximum absolute atomic E-state index is 12.6. The monoisotopic (exact) mass is 336 g/mol. The zero-order chi connectivity index (χ0) is 17.6. The smallest absolute Gasteiger partial charge is 0.272 e. The maximum atomic E-state index is 12.6. The highest BCUT2D eigenvalue weighted by Crippen LogP contribution is 2.26. The number of aromatic nitrogens is 3. The molecule has 0 fully saturated rings. The van der Waals surface area contributed by atoms with Crippen LogP contribution in [-0.4, -0.2) is 21.1 Å². The molecule has 5 heteroatoms. The van der Waals surface area contributed by atoms with Gasteiger partial charge in [0.05, 0.1) is 0 Å². The lowest BCUT2D eigenvalue weighted by molar-refractivity contribution is 0.0944. The van der Waals surface area contributed by atoms with Crippen molar-refractivity contribution in [2.75, 3.05) is 0 Å². The van der Waals surface area contributed by atoms with Crippen LogP contribution in [0.25, 0.3) is 10.9 Å². The van der Waals surface area contributed by atoms with E-state index in [-0.39, 0.29) is 5.91 Å². The molecule has 3 aromatic rings. The molecule has 5 nitrogen and oxygen atoms in total. The number of H-pyrrole nitrogens is 2. The molecular weight excluding hydrogens is 312 g/mol. The summed E-state index contributed by atoms with van der Waals surface area (Å²) in [5.41, 5.74) is 7.48. The average molecular weight is 336 g/mol. The molecule has 0 saturated heterocycles. The zero-order valence-electron chi connectivity index (χ0n) is 15.0. The first kappa shape index (κ1) is 15.9. The van der Waals surface area contributed by atoms with Gasteiger partial charge in [0.1, 0.15) is 0 Å². The number of benzene rings is 1. The topological polar surface area (TPSA) is 73.6 Å². The lowest BCUT2D eigenvalue weighted by atomic mass is 9.87. The minimum atomic E-state index is -0.0892. The van der Waals surface area contributed by atoms with Crippen LogP contribution in [0.4, 0.5) is 0 Å². The zero-order valence-corrected chi connectivity index (χ0v) is 15.0. The number of aryl methyl sites for hydroxylation is 3. The molecular formula is C20H24N4O. The predicted octanol–water partition coefficient (Wildman–Crippen LogP) is 3.56. The van der Waals surface area contributed by atoms with Crippen molar-refractivity contribution in [2.24, 2.45) is 5.92 Å². The van der Waals surface area contributed by atoms with Crippen LogP contribution in [0.5, 0.6) is 0 Å². The van der Waals surface area contributed by atoms with Crippen molar-refractivity contribution >= 4 is 16.8 Å². The highest BCUT2D eigenvalue weighted by atomic mass is 16.1. The fourth-order valence-electron chi connectivity index (χ4n) is 3.74. The Morgan fingerprint density at radius 2 is 2.20 bits per heavy atom. The van der Waals surface area contributed by atoms with Gasteiger partial charge >= 0.3 is 0 Å². The van der Waals surface area contributed by atoms with E-state index in [4.69, 9.17) is 0 Å². The van der Waals surface area contributed by atoms with Crippen LogP contribution in [0.15, 0.2) is 18.2 Å². The van der Waals surface area contributed by atoms with Crippen LogP contribution in [0, 0.1) is 19.8 Å². The number of aromatic amines is 2. The summed E-state index contributed by atoms with van der Waals surface area (Å²) in [6.07, 6.45) is 3.08. The quantitative estimate of drug-likeness (QED) is 0.684. The van der Waals surface area contributed by atoms with E-state index in [1.807, 2.05) is 0 Å². The molecule has 25 heavy (non-hydrogen) atoms. The Morgan fingerprint density at radius 1 is 1.36 bits per heavy atom. The van der Waals surface area contributed by atoms with E-state index >= 15 is 0 Å². The molecule has 1 unspecified atom stereocenters. The fourth-order valence-corrected chi connectivity index (χ4v) is 3.74. The molecule has 1 amide bonds. The second-order valence-corrected chi connectivity index (χ2v) is 7.31. The number of hydrogen-bond donors (Lipinski definition) is 3. The molecule has 0 aliphatic heterocycles. The molecule has 1 aliphatic carbocycles. The molecule has 3 N–H and O–H groups in total. The molecule has 0 radical (unpaired) electrons. The van der Waals surface area contributed by atoms with E-state index in [0.717, 1.165) is 41.6 Å². The van der Waals surface area contributed by atoms with Crippen LogP contribution >= 0.6 is 0 Å². The number of hydrogen-bond acceptors (Lipinski definition) is 2. The Balaban J connectivity index is 1.51. The number of fused-ring (bicyclic) bond motifs is 2. The number of rotatable bonds is 3. The normalized spacial score (nSPS) is 16.8. The third-order valence-electron chi connectivity index (χ3n) is 5.43. The van der Waals surface area contributed by atoms with Crippen LogP contribution in [0.1, 0.15) is 51.9 Å². The average Bonchev–Trinajstić information content (AvgIpc) is 3.14. The summed E-state index contributed by atoms with van der Waals surface area (Å²) in [6.45, 7) is 6.94. The number of nitrogens with one attached hydrogen (secondary N) is 3. The van der Waals surface area contributed by atoms with Gasteiger partial charge in [-0.3, -0.25) is 9.89 Å².